The summed E-state index contributed by atoms with van der Waals surface area (Å²) in [5.41, 5.74) is 4.27. The van der Waals surface area contributed by atoms with E-state index in [1.165, 1.54) is 16.7 Å². The SMILES string of the molecule is O=C(O)O[C@H]1CSCN1C(=O)c1ccc(Cl)c(-c2ccc(-c3ccccc3)cc2)c1. The Labute approximate surface area is 183 Å². The first-order chi connectivity index (χ1) is 14.5. The first-order valence-corrected chi connectivity index (χ1v) is 10.8. The standard InChI is InChI=1S/C23H18ClNO4S/c24-20-11-10-18(22(26)25-14-30-13-21(25)29-23(27)28)12-19(20)17-8-6-16(7-9-17)15-4-2-1-3-5-15/h1-12,21H,13-14H2,(H,27,28)/t21-/m0/s1. The van der Waals surface area contributed by atoms with Crippen LogP contribution < -0.4 is 0 Å². The molecule has 1 saturated heterocycles. The lowest BCUT2D eigenvalue weighted by molar-refractivity contribution is -0.00183. The van der Waals surface area contributed by atoms with Crippen LogP contribution >= 0.6 is 23.4 Å². The van der Waals surface area contributed by atoms with Crippen molar-refractivity contribution >= 4 is 35.4 Å². The van der Waals surface area contributed by atoms with E-state index in [0.717, 1.165) is 22.3 Å². The maximum atomic E-state index is 13.0. The van der Waals surface area contributed by atoms with Crippen molar-refractivity contribution in [1.29, 1.82) is 0 Å². The summed E-state index contributed by atoms with van der Waals surface area (Å²) >= 11 is 7.87. The van der Waals surface area contributed by atoms with Gasteiger partial charge in [-0.05, 0) is 34.9 Å². The molecule has 1 aliphatic rings. The lowest BCUT2D eigenvalue weighted by atomic mass is 9.99. The van der Waals surface area contributed by atoms with E-state index in [9.17, 15) is 9.59 Å². The number of rotatable bonds is 4. The molecule has 30 heavy (non-hydrogen) atoms. The van der Waals surface area contributed by atoms with Crippen LogP contribution in [0.5, 0.6) is 0 Å². The molecule has 3 aromatic carbocycles. The van der Waals surface area contributed by atoms with Crippen molar-refractivity contribution < 1.29 is 19.4 Å². The van der Waals surface area contributed by atoms with Gasteiger partial charge in [-0.2, -0.15) is 0 Å². The Morgan fingerprint density at radius 3 is 2.33 bits per heavy atom. The molecule has 0 aromatic heterocycles. The van der Waals surface area contributed by atoms with Gasteiger partial charge in [0, 0.05) is 16.1 Å². The van der Waals surface area contributed by atoms with Gasteiger partial charge in [-0.3, -0.25) is 9.69 Å². The molecule has 0 bridgehead atoms. The lowest BCUT2D eigenvalue weighted by Gasteiger charge is -2.22. The molecule has 1 amide bonds. The molecule has 4 rings (SSSR count). The summed E-state index contributed by atoms with van der Waals surface area (Å²) in [5.74, 6) is 0.505. The molecule has 5 nitrogen and oxygen atoms in total. The minimum atomic E-state index is -1.39. The zero-order valence-corrected chi connectivity index (χ0v) is 17.4. The van der Waals surface area contributed by atoms with E-state index >= 15 is 0 Å². The molecule has 0 unspecified atom stereocenters. The van der Waals surface area contributed by atoms with Crippen molar-refractivity contribution in [3.8, 4) is 22.3 Å². The number of carbonyl (C=O) groups is 2. The van der Waals surface area contributed by atoms with Crippen LogP contribution in [0.15, 0.2) is 72.8 Å². The molecule has 0 radical (unpaired) electrons. The van der Waals surface area contributed by atoms with Gasteiger partial charge < -0.3 is 9.84 Å². The third-order valence-corrected chi connectivity index (χ3v) is 6.16. The molecule has 3 aromatic rings. The molecule has 0 aliphatic carbocycles. The van der Waals surface area contributed by atoms with E-state index < -0.39 is 12.4 Å². The fourth-order valence-electron chi connectivity index (χ4n) is 3.35. The van der Waals surface area contributed by atoms with Gasteiger partial charge in [-0.15, -0.1) is 11.8 Å². The summed E-state index contributed by atoms with van der Waals surface area (Å²) in [6.07, 6.45) is -2.18. The van der Waals surface area contributed by atoms with Crippen molar-refractivity contribution in [3.05, 3.63) is 83.4 Å². The average Bonchev–Trinajstić information content (AvgIpc) is 3.22. The fraction of sp³-hybridized carbons (Fsp3) is 0.130. The molecule has 0 spiro atoms. The summed E-state index contributed by atoms with van der Waals surface area (Å²) in [7, 11) is 0. The van der Waals surface area contributed by atoms with Crippen LogP contribution in [0.4, 0.5) is 4.79 Å². The van der Waals surface area contributed by atoms with Crippen LogP contribution in [0.1, 0.15) is 10.4 Å². The number of nitrogens with zero attached hydrogens (tertiary/aromatic N) is 1. The largest absolute Gasteiger partial charge is 0.507 e. The van der Waals surface area contributed by atoms with Gasteiger partial charge >= 0.3 is 6.16 Å². The molecular weight excluding hydrogens is 422 g/mol. The van der Waals surface area contributed by atoms with E-state index in [1.54, 1.807) is 18.2 Å². The summed E-state index contributed by atoms with van der Waals surface area (Å²) in [6, 6.07) is 23.1. The fourth-order valence-corrected chi connectivity index (χ4v) is 4.61. The Balaban J connectivity index is 1.60. The van der Waals surface area contributed by atoms with Crippen molar-refractivity contribution in [2.24, 2.45) is 0 Å². The third-order valence-electron chi connectivity index (χ3n) is 4.85. The van der Waals surface area contributed by atoms with Gasteiger partial charge in [0.25, 0.3) is 5.91 Å². The van der Waals surface area contributed by atoms with E-state index in [-0.39, 0.29) is 5.91 Å². The highest BCUT2D eigenvalue weighted by atomic mass is 35.5. The Hall–Kier alpha value is -2.96. The number of ether oxygens (including phenoxy) is 1. The second-order valence-electron chi connectivity index (χ2n) is 6.75. The van der Waals surface area contributed by atoms with Crippen LogP contribution in [0.25, 0.3) is 22.3 Å². The van der Waals surface area contributed by atoms with E-state index in [4.69, 9.17) is 21.4 Å². The predicted molar refractivity (Wildman–Crippen MR) is 119 cm³/mol. The minimum absolute atomic E-state index is 0.287. The second kappa shape index (κ2) is 8.81. The van der Waals surface area contributed by atoms with E-state index in [1.807, 2.05) is 54.6 Å². The molecule has 1 N–H and O–H groups in total. The number of hydrogen-bond donors (Lipinski definition) is 1. The van der Waals surface area contributed by atoms with Crippen LogP contribution in [0.3, 0.4) is 0 Å². The number of thioether (sulfide) groups is 1. The van der Waals surface area contributed by atoms with E-state index in [2.05, 4.69) is 0 Å². The van der Waals surface area contributed by atoms with Crippen molar-refractivity contribution in [3.63, 3.8) is 0 Å². The quantitative estimate of drug-likeness (QED) is 0.517. The molecule has 1 heterocycles. The van der Waals surface area contributed by atoms with Crippen molar-refractivity contribution in [1.82, 2.24) is 4.90 Å². The summed E-state index contributed by atoms with van der Waals surface area (Å²) < 4.78 is 4.84. The predicted octanol–water partition coefficient (Wildman–Crippen LogP) is 5.84. The second-order valence-corrected chi connectivity index (χ2v) is 8.16. The maximum absolute atomic E-state index is 13.0. The van der Waals surface area contributed by atoms with Crippen molar-refractivity contribution in [2.75, 3.05) is 11.6 Å². The lowest BCUT2D eigenvalue weighted by Crippen LogP contribution is -2.39. The minimum Gasteiger partial charge on any atom is -0.450 e. The summed E-state index contributed by atoms with van der Waals surface area (Å²) in [5, 5.41) is 9.43. The average molecular weight is 440 g/mol. The molecule has 1 aliphatic heterocycles. The number of carbonyl (C=O) groups excluding carboxylic acids is 1. The number of halogens is 1. The normalized spacial score (nSPS) is 15.8. The van der Waals surface area contributed by atoms with Gasteiger partial charge in [-0.25, -0.2) is 4.79 Å². The van der Waals surface area contributed by atoms with Crippen LogP contribution in [0, 0.1) is 0 Å². The molecule has 152 valence electrons. The highest BCUT2D eigenvalue weighted by molar-refractivity contribution is 7.99. The van der Waals surface area contributed by atoms with Crippen LogP contribution in [0.2, 0.25) is 5.02 Å². The maximum Gasteiger partial charge on any atom is 0.507 e. The number of amides is 1. The first-order valence-electron chi connectivity index (χ1n) is 9.26. The van der Waals surface area contributed by atoms with Crippen LogP contribution in [-0.4, -0.2) is 39.9 Å². The third kappa shape index (κ3) is 4.30. The Morgan fingerprint density at radius 2 is 1.63 bits per heavy atom. The highest BCUT2D eigenvalue weighted by Gasteiger charge is 2.33. The zero-order valence-electron chi connectivity index (χ0n) is 15.8. The molecule has 1 atom stereocenters. The monoisotopic (exact) mass is 439 g/mol. The van der Waals surface area contributed by atoms with Gasteiger partial charge in [0.15, 0.2) is 6.23 Å². The molecular formula is C23H18ClNO4S. The van der Waals surface area contributed by atoms with Gasteiger partial charge in [0.2, 0.25) is 0 Å². The molecule has 1 fully saturated rings. The van der Waals surface area contributed by atoms with Crippen LogP contribution in [-0.2, 0) is 4.74 Å². The number of carboxylic acid groups (broad SMARTS) is 1. The van der Waals surface area contributed by atoms with Gasteiger partial charge in [-0.1, -0.05) is 66.2 Å². The first kappa shape index (κ1) is 20.3. The Morgan fingerprint density at radius 1 is 0.967 bits per heavy atom. The highest BCUT2D eigenvalue weighted by Crippen LogP contribution is 2.32. The molecule has 0 saturated carbocycles. The van der Waals surface area contributed by atoms with E-state index in [0.29, 0.717) is 22.2 Å². The number of benzene rings is 3. The Kier molecular flexibility index (Phi) is 5.97. The van der Waals surface area contributed by atoms with Crippen molar-refractivity contribution in [2.45, 2.75) is 6.23 Å². The smallest absolute Gasteiger partial charge is 0.450 e. The zero-order chi connectivity index (χ0) is 21.1. The molecule has 7 heteroatoms. The van der Waals surface area contributed by atoms with Gasteiger partial charge in [0.05, 0.1) is 11.6 Å². The summed E-state index contributed by atoms with van der Waals surface area (Å²) in [6.45, 7) is 0. The number of hydrogen-bond acceptors (Lipinski definition) is 4. The Bertz CT molecular complexity index is 1070. The van der Waals surface area contributed by atoms with Gasteiger partial charge in [0.1, 0.15) is 0 Å². The summed E-state index contributed by atoms with van der Waals surface area (Å²) in [4.78, 5) is 25.3. The topological polar surface area (TPSA) is 66.8 Å².